The SMILES string of the molecule is CCN(Cc1cccc(F)c1)C(=O)c1c(C)n[nH]c1C. The number of H-pyrrole nitrogens is 1. The zero-order chi connectivity index (χ0) is 14.7. The van der Waals surface area contributed by atoms with Crippen molar-refractivity contribution in [3.05, 3.63) is 52.6 Å². The second-order valence-electron chi connectivity index (χ2n) is 4.76. The van der Waals surface area contributed by atoms with Gasteiger partial charge in [0.25, 0.3) is 5.91 Å². The third kappa shape index (κ3) is 2.87. The van der Waals surface area contributed by atoms with Crippen molar-refractivity contribution in [1.82, 2.24) is 15.1 Å². The number of carbonyl (C=O) groups is 1. The normalized spacial score (nSPS) is 10.6. The number of halogens is 1. The summed E-state index contributed by atoms with van der Waals surface area (Å²) in [6, 6.07) is 6.31. The summed E-state index contributed by atoms with van der Waals surface area (Å²) in [6.07, 6.45) is 0. The van der Waals surface area contributed by atoms with E-state index in [0.29, 0.717) is 24.3 Å². The van der Waals surface area contributed by atoms with E-state index >= 15 is 0 Å². The predicted octanol–water partition coefficient (Wildman–Crippen LogP) is 2.83. The molecule has 0 aliphatic rings. The smallest absolute Gasteiger partial charge is 0.257 e. The summed E-state index contributed by atoms with van der Waals surface area (Å²) in [7, 11) is 0. The van der Waals surface area contributed by atoms with Crippen LogP contribution in [0.4, 0.5) is 4.39 Å². The topological polar surface area (TPSA) is 49.0 Å². The summed E-state index contributed by atoms with van der Waals surface area (Å²) in [5.41, 5.74) is 2.82. The number of nitrogens with zero attached hydrogens (tertiary/aromatic N) is 2. The Morgan fingerprint density at radius 3 is 2.70 bits per heavy atom. The minimum absolute atomic E-state index is 0.0829. The maximum Gasteiger partial charge on any atom is 0.257 e. The number of carbonyl (C=O) groups excluding carboxylic acids is 1. The summed E-state index contributed by atoms with van der Waals surface area (Å²) in [4.78, 5) is 14.2. The second kappa shape index (κ2) is 5.86. The molecule has 2 rings (SSSR count). The highest BCUT2D eigenvalue weighted by Crippen LogP contribution is 2.15. The fraction of sp³-hybridized carbons (Fsp3) is 0.333. The van der Waals surface area contributed by atoms with E-state index in [1.165, 1.54) is 12.1 Å². The highest BCUT2D eigenvalue weighted by molar-refractivity contribution is 5.96. The van der Waals surface area contributed by atoms with E-state index in [-0.39, 0.29) is 11.7 Å². The molecule has 0 bridgehead atoms. The third-order valence-corrected chi connectivity index (χ3v) is 3.27. The molecule has 1 aromatic carbocycles. The van der Waals surface area contributed by atoms with Gasteiger partial charge in [0.15, 0.2) is 0 Å². The fourth-order valence-electron chi connectivity index (χ4n) is 2.21. The van der Waals surface area contributed by atoms with Gasteiger partial charge in [0.05, 0.1) is 11.3 Å². The van der Waals surface area contributed by atoms with E-state index in [4.69, 9.17) is 0 Å². The molecular weight excluding hydrogens is 257 g/mol. The molecule has 1 heterocycles. The van der Waals surface area contributed by atoms with Crippen LogP contribution >= 0.6 is 0 Å². The van der Waals surface area contributed by atoms with Crippen LogP contribution in [-0.4, -0.2) is 27.5 Å². The first-order valence-corrected chi connectivity index (χ1v) is 6.58. The number of benzene rings is 1. The van der Waals surface area contributed by atoms with Crippen LogP contribution in [-0.2, 0) is 6.54 Å². The second-order valence-corrected chi connectivity index (χ2v) is 4.76. The minimum Gasteiger partial charge on any atom is -0.334 e. The Kier molecular flexibility index (Phi) is 4.17. The molecule has 0 spiro atoms. The minimum atomic E-state index is -0.290. The number of hydrogen-bond donors (Lipinski definition) is 1. The average molecular weight is 275 g/mol. The van der Waals surface area contributed by atoms with Crippen LogP contribution < -0.4 is 0 Å². The Morgan fingerprint density at radius 1 is 1.40 bits per heavy atom. The number of amides is 1. The van der Waals surface area contributed by atoms with E-state index in [0.717, 1.165) is 11.3 Å². The van der Waals surface area contributed by atoms with Crippen molar-refractivity contribution in [2.75, 3.05) is 6.54 Å². The van der Waals surface area contributed by atoms with Gasteiger partial charge in [-0.1, -0.05) is 12.1 Å². The predicted molar refractivity (Wildman–Crippen MR) is 74.9 cm³/mol. The van der Waals surface area contributed by atoms with Gasteiger partial charge < -0.3 is 4.90 Å². The number of aryl methyl sites for hydroxylation is 2. The highest BCUT2D eigenvalue weighted by atomic mass is 19.1. The number of aromatic amines is 1. The summed E-state index contributed by atoms with van der Waals surface area (Å²) >= 11 is 0. The molecule has 1 amide bonds. The van der Waals surface area contributed by atoms with Crippen LogP contribution in [0.1, 0.15) is 34.2 Å². The number of nitrogens with one attached hydrogen (secondary N) is 1. The molecule has 20 heavy (non-hydrogen) atoms. The maximum absolute atomic E-state index is 13.2. The van der Waals surface area contributed by atoms with Crippen molar-refractivity contribution in [3.8, 4) is 0 Å². The van der Waals surface area contributed by atoms with Crippen molar-refractivity contribution in [1.29, 1.82) is 0 Å². The van der Waals surface area contributed by atoms with Gasteiger partial charge in [0, 0.05) is 18.8 Å². The Balaban J connectivity index is 2.22. The van der Waals surface area contributed by atoms with Crippen molar-refractivity contribution >= 4 is 5.91 Å². The van der Waals surface area contributed by atoms with Gasteiger partial charge >= 0.3 is 0 Å². The highest BCUT2D eigenvalue weighted by Gasteiger charge is 2.20. The molecular formula is C15H18FN3O. The van der Waals surface area contributed by atoms with Gasteiger partial charge in [-0.15, -0.1) is 0 Å². The Bertz CT molecular complexity index is 602. The summed E-state index contributed by atoms with van der Waals surface area (Å²) in [6.45, 7) is 6.47. The van der Waals surface area contributed by atoms with Gasteiger partial charge in [0.1, 0.15) is 5.82 Å². The lowest BCUT2D eigenvalue weighted by Gasteiger charge is -2.21. The van der Waals surface area contributed by atoms with Gasteiger partial charge in [0.2, 0.25) is 0 Å². The van der Waals surface area contributed by atoms with Crippen molar-refractivity contribution < 1.29 is 9.18 Å². The third-order valence-electron chi connectivity index (χ3n) is 3.27. The zero-order valence-corrected chi connectivity index (χ0v) is 11.9. The molecule has 106 valence electrons. The molecule has 4 nitrogen and oxygen atoms in total. The van der Waals surface area contributed by atoms with E-state index < -0.39 is 0 Å². The van der Waals surface area contributed by atoms with Crippen molar-refractivity contribution in [3.63, 3.8) is 0 Å². The molecule has 2 aromatic rings. The lowest BCUT2D eigenvalue weighted by Crippen LogP contribution is -2.31. The lowest BCUT2D eigenvalue weighted by atomic mass is 10.1. The van der Waals surface area contributed by atoms with E-state index in [1.54, 1.807) is 17.9 Å². The molecule has 1 N–H and O–H groups in total. The quantitative estimate of drug-likeness (QED) is 0.932. The van der Waals surface area contributed by atoms with Crippen LogP contribution in [0.25, 0.3) is 0 Å². The summed E-state index contributed by atoms with van der Waals surface area (Å²) < 4.78 is 13.2. The van der Waals surface area contributed by atoms with E-state index in [9.17, 15) is 9.18 Å². The van der Waals surface area contributed by atoms with Crippen LogP contribution in [0.15, 0.2) is 24.3 Å². The van der Waals surface area contributed by atoms with Gasteiger partial charge in [-0.2, -0.15) is 5.10 Å². The van der Waals surface area contributed by atoms with Crippen LogP contribution in [0.5, 0.6) is 0 Å². The number of hydrogen-bond acceptors (Lipinski definition) is 2. The van der Waals surface area contributed by atoms with Crippen molar-refractivity contribution in [2.24, 2.45) is 0 Å². The first kappa shape index (κ1) is 14.2. The largest absolute Gasteiger partial charge is 0.334 e. The standard InChI is InChI=1S/C15H18FN3O/c1-4-19(9-12-6-5-7-13(16)8-12)15(20)14-10(2)17-18-11(14)3/h5-8H,4,9H2,1-3H3,(H,17,18). The monoisotopic (exact) mass is 275 g/mol. The van der Waals surface area contributed by atoms with Crippen LogP contribution in [0.3, 0.4) is 0 Å². The molecule has 0 saturated carbocycles. The molecule has 0 saturated heterocycles. The molecule has 5 heteroatoms. The Hall–Kier alpha value is -2.17. The Labute approximate surface area is 117 Å². The molecule has 0 aliphatic heterocycles. The summed E-state index contributed by atoms with van der Waals surface area (Å²) in [5.74, 6) is -0.373. The molecule has 0 unspecified atom stereocenters. The number of aromatic nitrogens is 2. The first-order valence-electron chi connectivity index (χ1n) is 6.58. The molecule has 0 radical (unpaired) electrons. The van der Waals surface area contributed by atoms with Gasteiger partial charge in [-0.3, -0.25) is 9.89 Å². The molecule has 0 atom stereocenters. The van der Waals surface area contributed by atoms with Crippen LogP contribution in [0.2, 0.25) is 0 Å². The lowest BCUT2D eigenvalue weighted by molar-refractivity contribution is 0.0751. The number of rotatable bonds is 4. The summed E-state index contributed by atoms with van der Waals surface area (Å²) in [5, 5.41) is 6.85. The fourth-order valence-corrected chi connectivity index (χ4v) is 2.21. The van der Waals surface area contributed by atoms with Crippen molar-refractivity contribution in [2.45, 2.75) is 27.3 Å². The average Bonchev–Trinajstić information content (AvgIpc) is 2.75. The van der Waals surface area contributed by atoms with Crippen LogP contribution in [0, 0.1) is 19.7 Å². The maximum atomic E-state index is 13.2. The first-order chi connectivity index (χ1) is 9.52. The van der Waals surface area contributed by atoms with Gasteiger partial charge in [-0.05, 0) is 38.5 Å². The van der Waals surface area contributed by atoms with E-state index in [2.05, 4.69) is 10.2 Å². The molecule has 1 aromatic heterocycles. The van der Waals surface area contributed by atoms with E-state index in [1.807, 2.05) is 19.9 Å². The Morgan fingerprint density at radius 2 is 2.15 bits per heavy atom. The zero-order valence-electron chi connectivity index (χ0n) is 11.9. The molecule has 0 fully saturated rings. The van der Waals surface area contributed by atoms with Gasteiger partial charge in [-0.25, -0.2) is 4.39 Å². The molecule has 0 aliphatic carbocycles.